The Kier molecular flexibility index (Phi) is 7.28. The molecule has 0 heterocycles. The molecular formula is C29H39F. The predicted molar refractivity (Wildman–Crippen MR) is 126 cm³/mol. The Bertz CT molecular complexity index is 790. The van der Waals surface area contributed by atoms with E-state index in [4.69, 9.17) is 0 Å². The Morgan fingerprint density at radius 1 is 0.700 bits per heavy atom. The van der Waals surface area contributed by atoms with Gasteiger partial charge >= 0.3 is 0 Å². The van der Waals surface area contributed by atoms with Gasteiger partial charge in [-0.3, -0.25) is 0 Å². The summed E-state index contributed by atoms with van der Waals surface area (Å²) in [6.45, 7) is 4.59. The van der Waals surface area contributed by atoms with E-state index >= 15 is 4.39 Å². The van der Waals surface area contributed by atoms with Crippen LogP contribution in [-0.4, -0.2) is 0 Å². The average Bonchev–Trinajstić information content (AvgIpc) is 2.80. The SMILES string of the molecule is CCC[C@H]1CC[C@H](c2ccc(-c3ccc([C@H]4CC[C@H](CC)CC4)cc3F)cc2)CC1. The monoisotopic (exact) mass is 406 g/mol. The molecule has 2 saturated carbocycles. The Labute approximate surface area is 183 Å². The largest absolute Gasteiger partial charge is 0.206 e. The first-order valence-corrected chi connectivity index (χ1v) is 12.6. The van der Waals surface area contributed by atoms with Gasteiger partial charge in [0.2, 0.25) is 0 Å². The van der Waals surface area contributed by atoms with Crippen molar-refractivity contribution in [2.45, 2.75) is 96.3 Å². The summed E-state index contributed by atoms with van der Waals surface area (Å²) in [5.74, 6) is 3.00. The Morgan fingerprint density at radius 2 is 1.27 bits per heavy atom. The van der Waals surface area contributed by atoms with E-state index in [9.17, 15) is 0 Å². The van der Waals surface area contributed by atoms with Gasteiger partial charge in [0, 0.05) is 5.56 Å². The normalized spacial score (nSPS) is 27.2. The average molecular weight is 407 g/mol. The summed E-state index contributed by atoms with van der Waals surface area (Å²) in [4.78, 5) is 0. The van der Waals surface area contributed by atoms with Gasteiger partial charge in [-0.25, -0.2) is 4.39 Å². The van der Waals surface area contributed by atoms with Crippen molar-refractivity contribution in [2.24, 2.45) is 11.8 Å². The molecule has 0 aliphatic heterocycles. The third-order valence-corrected chi connectivity index (χ3v) is 8.13. The third-order valence-electron chi connectivity index (χ3n) is 8.13. The summed E-state index contributed by atoms with van der Waals surface area (Å²) < 4.78 is 15.0. The van der Waals surface area contributed by atoms with Gasteiger partial charge in [-0.2, -0.15) is 0 Å². The molecule has 2 fully saturated rings. The second-order valence-corrected chi connectivity index (χ2v) is 9.99. The van der Waals surface area contributed by atoms with Crippen molar-refractivity contribution in [1.82, 2.24) is 0 Å². The molecule has 162 valence electrons. The van der Waals surface area contributed by atoms with Gasteiger partial charge in [-0.05, 0) is 97.8 Å². The van der Waals surface area contributed by atoms with Crippen LogP contribution in [-0.2, 0) is 0 Å². The van der Waals surface area contributed by atoms with E-state index in [1.807, 2.05) is 12.1 Å². The molecular weight excluding hydrogens is 367 g/mol. The summed E-state index contributed by atoms with van der Waals surface area (Å²) in [5.41, 5.74) is 4.40. The van der Waals surface area contributed by atoms with Gasteiger partial charge in [0.15, 0.2) is 0 Å². The van der Waals surface area contributed by atoms with Crippen LogP contribution in [0.4, 0.5) is 4.39 Å². The van der Waals surface area contributed by atoms with Crippen LogP contribution in [0, 0.1) is 17.7 Å². The molecule has 0 bridgehead atoms. The second kappa shape index (κ2) is 10.1. The minimum absolute atomic E-state index is 0.0575. The van der Waals surface area contributed by atoms with Crippen molar-refractivity contribution >= 4 is 0 Å². The molecule has 0 N–H and O–H groups in total. The zero-order valence-electron chi connectivity index (χ0n) is 19.0. The highest BCUT2D eigenvalue weighted by Gasteiger charge is 2.23. The number of benzene rings is 2. The summed E-state index contributed by atoms with van der Waals surface area (Å²) in [6.07, 6.45) is 14.4. The molecule has 0 amide bonds. The van der Waals surface area contributed by atoms with Crippen LogP contribution in [0.25, 0.3) is 11.1 Å². The minimum atomic E-state index is -0.0575. The van der Waals surface area contributed by atoms with Crippen LogP contribution in [0.2, 0.25) is 0 Å². The fourth-order valence-corrected chi connectivity index (χ4v) is 6.05. The molecule has 4 rings (SSSR count). The van der Waals surface area contributed by atoms with Crippen molar-refractivity contribution < 1.29 is 4.39 Å². The van der Waals surface area contributed by atoms with Crippen LogP contribution in [0.5, 0.6) is 0 Å². The number of rotatable bonds is 6. The van der Waals surface area contributed by atoms with Gasteiger partial charge in [0.05, 0.1) is 0 Å². The Hall–Kier alpha value is -1.63. The highest BCUT2D eigenvalue weighted by molar-refractivity contribution is 5.65. The quantitative estimate of drug-likeness (QED) is 0.448. The number of hydrogen-bond donors (Lipinski definition) is 0. The summed E-state index contributed by atoms with van der Waals surface area (Å²) in [7, 11) is 0. The van der Waals surface area contributed by atoms with Gasteiger partial charge in [0.1, 0.15) is 5.82 Å². The molecule has 30 heavy (non-hydrogen) atoms. The van der Waals surface area contributed by atoms with Crippen LogP contribution >= 0.6 is 0 Å². The van der Waals surface area contributed by atoms with E-state index in [1.54, 1.807) is 0 Å². The van der Waals surface area contributed by atoms with Gasteiger partial charge in [-0.15, -0.1) is 0 Å². The zero-order chi connectivity index (χ0) is 20.9. The Morgan fingerprint density at radius 3 is 1.83 bits per heavy atom. The molecule has 0 radical (unpaired) electrons. The molecule has 0 aromatic heterocycles. The molecule has 0 unspecified atom stereocenters. The van der Waals surface area contributed by atoms with Crippen LogP contribution in [0.3, 0.4) is 0 Å². The van der Waals surface area contributed by atoms with Crippen molar-refractivity contribution in [1.29, 1.82) is 0 Å². The molecule has 2 aromatic carbocycles. The first kappa shape index (κ1) is 21.6. The molecule has 2 aromatic rings. The van der Waals surface area contributed by atoms with Crippen molar-refractivity contribution in [2.75, 3.05) is 0 Å². The van der Waals surface area contributed by atoms with Crippen molar-refractivity contribution in [3.05, 3.63) is 59.4 Å². The summed E-state index contributed by atoms with van der Waals surface area (Å²) >= 11 is 0. The predicted octanol–water partition coefficient (Wildman–Crippen LogP) is 9.25. The molecule has 2 aliphatic carbocycles. The van der Waals surface area contributed by atoms with E-state index in [2.05, 4.69) is 44.2 Å². The van der Waals surface area contributed by atoms with Gasteiger partial charge in [-0.1, -0.05) is 69.5 Å². The number of hydrogen-bond acceptors (Lipinski definition) is 0. The fraction of sp³-hybridized carbons (Fsp3) is 0.586. The van der Waals surface area contributed by atoms with E-state index in [0.717, 1.165) is 23.0 Å². The topological polar surface area (TPSA) is 0 Å². The lowest BCUT2D eigenvalue weighted by molar-refractivity contribution is 0.308. The Balaban J connectivity index is 1.41. The molecule has 2 aliphatic rings. The van der Waals surface area contributed by atoms with E-state index in [-0.39, 0.29) is 5.82 Å². The van der Waals surface area contributed by atoms with Crippen LogP contribution < -0.4 is 0 Å². The van der Waals surface area contributed by atoms with Crippen molar-refractivity contribution in [3.63, 3.8) is 0 Å². The maximum Gasteiger partial charge on any atom is 0.131 e. The summed E-state index contributed by atoms with van der Waals surface area (Å²) in [5, 5.41) is 0. The highest BCUT2D eigenvalue weighted by Crippen LogP contribution is 2.40. The van der Waals surface area contributed by atoms with Gasteiger partial charge in [0.25, 0.3) is 0 Å². The lowest BCUT2D eigenvalue weighted by Crippen LogP contribution is -2.13. The lowest BCUT2D eigenvalue weighted by atomic mass is 9.77. The molecule has 0 saturated heterocycles. The second-order valence-electron chi connectivity index (χ2n) is 9.99. The van der Waals surface area contributed by atoms with E-state index in [0.29, 0.717) is 11.8 Å². The van der Waals surface area contributed by atoms with Crippen LogP contribution in [0.1, 0.15) is 107 Å². The summed E-state index contributed by atoms with van der Waals surface area (Å²) in [6, 6.07) is 14.8. The highest BCUT2D eigenvalue weighted by atomic mass is 19.1. The first-order valence-electron chi connectivity index (χ1n) is 12.6. The molecule has 0 spiro atoms. The molecule has 1 heteroatoms. The van der Waals surface area contributed by atoms with Gasteiger partial charge < -0.3 is 0 Å². The smallest absolute Gasteiger partial charge is 0.131 e. The fourth-order valence-electron chi connectivity index (χ4n) is 6.05. The zero-order valence-corrected chi connectivity index (χ0v) is 19.0. The van der Waals surface area contributed by atoms with Crippen molar-refractivity contribution in [3.8, 4) is 11.1 Å². The first-order chi connectivity index (χ1) is 14.7. The maximum absolute atomic E-state index is 15.0. The lowest BCUT2D eigenvalue weighted by Gasteiger charge is -2.29. The van der Waals surface area contributed by atoms with E-state index < -0.39 is 0 Å². The molecule has 0 atom stereocenters. The van der Waals surface area contributed by atoms with Crippen LogP contribution in [0.15, 0.2) is 42.5 Å². The third kappa shape index (κ3) is 4.98. The molecule has 0 nitrogen and oxygen atoms in total. The number of halogens is 1. The maximum atomic E-state index is 15.0. The van der Waals surface area contributed by atoms with E-state index in [1.165, 1.54) is 81.8 Å². The standard InChI is InChI=1S/C29H39F/c1-3-5-22-8-12-23(13-9-22)24-14-16-26(17-15-24)28-19-18-27(20-29(28)30)25-10-6-21(4-2)7-11-25/h14-23,25H,3-13H2,1-2H3/t21-,22-,23-,25-. The minimum Gasteiger partial charge on any atom is -0.206 e.